The Morgan fingerprint density at radius 2 is 1.90 bits per heavy atom. The van der Waals surface area contributed by atoms with E-state index in [1.165, 1.54) is 0 Å². The summed E-state index contributed by atoms with van der Waals surface area (Å²) >= 11 is 0. The number of hydrogen-bond acceptors (Lipinski definition) is 5. The summed E-state index contributed by atoms with van der Waals surface area (Å²) in [6, 6.07) is 14.4. The number of anilines is 1. The molecule has 2 N–H and O–H groups in total. The lowest BCUT2D eigenvalue weighted by Gasteiger charge is -2.10. The number of amides is 2. The first-order valence-corrected chi connectivity index (χ1v) is 9.52. The SMILES string of the molecule is COc1ccc(-c2cnn3c2NC(=O)C3CC(=O)NCc2ccccc2)cc1OC. The van der Waals surface area contributed by atoms with Crippen LogP contribution in [-0.2, 0) is 16.1 Å². The Kier molecular flexibility index (Phi) is 5.38. The van der Waals surface area contributed by atoms with Crippen LogP contribution in [0.3, 0.4) is 0 Å². The van der Waals surface area contributed by atoms with Gasteiger partial charge in [-0.05, 0) is 23.3 Å². The predicted molar refractivity (Wildman–Crippen MR) is 111 cm³/mol. The van der Waals surface area contributed by atoms with Crippen LogP contribution >= 0.6 is 0 Å². The number of fused-ring (bicyclic) bond motifs is 1. The molecule has 2 aromatic carbocycles. The maximum absolute atomic E-state index is 12.5. The highest BCUT2D eigenvalue weighted by molar-refractivity contribution is 6.02. The molecule has 8 nitrogen and oxygen atoms in total. The minimum atomic E-state index is -0.690. The van der Waals surface area contributed by atoms with Gasteiger partial charge < -0.3 is 20.1 Å². The van der Waals surface area contributed by atoms with Crippen molar-refractivity contribution in [1.29, 1.82) is 0 Å². The number of ether oxygens (including phenoxy) is 2. The summed E-state index contributed by atoms with van der Waals surface area (Å²) in [4.78, 5) is 24.9. The van der Waals surface area contributed by atoms with Gasteiger partial charge in [0.1, 0.15) is 11.9 Å². The van der Waals surface area contributed by atoms with E-state index in [1.54, 1.807) is 31.2 Å². The average Bonchev–Trinajstić information content (AvgIpc) is 3.31. The zero-order chi connectivity index (χ0) is 21.1. The number of carbonyl (C=O) groups is 2. The number of hydrogen-bond donors (Lipinski definition) is 2. The molecule has 1 aromatic heterocycles. The van der Waals surface area contributed by atoms with Gasteiger partial charge in [0.25, 0.3) is 5.91 Å². The minimum absolute atomic E-state index is 0.0126. The zero-order valence-electron chi connectivity index (χ0n) is 16.7. The lowest BCUT2D eigenvalue weighted by molar-refractivity contribution is -0.126. The van der Waals surface area contributed by atoms with Crippen molar-refractivity contribution in [1.82, 2.24) is 15.1 Å². The van der Waals surface area contributed by atoms with E-state index in [0.717, 1.165) is 16.7 Å². The summed E-state index contributed by atoms with van der Waals surface area (Å²) in [6.45, 7) is 0.414. The van der Waals surface area contributed by atoms with Crippen LogP contribution in [0.5, 0.6) is 11.5 Å². The van der Waals surface area contributed by atoms with E-state index in [2.05, 4.69) is 15.7 Å². The molecule has 3 aromatic rings. The molecule has 8 heteroatoms. The fourth-order valence-corrected chi connectivity index (χ4v) is 3.47. The van der Waals surface area contributed by atoms with E-state index in [-0.39, 0.29) is 18.2 Å². The van der Waals surface area contributed by atoms with Gasteiger partial charge in [-0.2, -0.15) is 5.10 Å². The lowest BCUT2D eigenvalue weighted by atomic mass is 10.1. The lowest BCUT2D eigenvalue weighted by Crippen LogP contribution is -2.28. The third-order valence-corrected chi connectivity index (χ3v) is 5.04. The topological polar surface area (TPSA) is 94.5 Å². The van der Waals surface area contributed by atoms with Gasteiger partial charge in [-0.15, -0.1) is 0 Å². The molecule has 1 atom stereocenters. The van der Waals surface area contributed by atoms with E-state index in [0.29, 0.717) is 23.9 Å². The number of nitrogens with zero attached hydrogens (tertiary/aromatic N) is 2. The van der Waals surface area contributed by atoms with Crippen molar-refractivity contribution < 1.29 is 19.1 Å². The van der Waals surface area contributed by atoms with Gasteiger partial charge in [-0.3, -0.25) is 9.59 Å². The first kappa shape index (κ1) is 19.5. The molecule has 0 fully saturated rings. The summed E-state index contributed by atoms with van der Waals surface area (Å²) in [5.41, 5.74) is 2.57. The van der Waals surface area contributed by atoms with Crippen molar-refractivity contribution in [3.63, 3.8) is 0 Å². The number of benzene rings is 2. The second-order valence-electron chi connectivity index (χ2n) is 6.89. The third kappa shape index (κ3) is 3.71. The van der Waals surface area contributed by atoms with Crippen LogP contribution in [0.1, 0.15) is 18.0 Å². The normalized spacial score (nSPS) is 14.7. The quantitative estimate of drug-likeness (QED) is 0.629. The van der Waals surface area contributed by atoms with Crippen LogP contribution in [0.25, 0.3) is 11.1 Å². The Morgan fingerprint density at radius 3 is 2.63 bits per heavy atom. The van der Waals surface area contributed by atoms with Crippen LogP contribution in [0.2, 0.25) is 0 Å². The zero-order valence-corrected chi connectivity index (χ0v) is 16.7. The summed E-state index contributed by atoms with van der Waals surface area (Å²) in [7, 11) is 3.14. The largest absolute Gasteiger partial charge is 0.493 e. The Morgan fingerprint density at radius 1 is 1.13 bits per heavy atom. The van der Waals surface area contributed by atoms with Gasteiger partial charge in [-0.1, -0.05) is 36.4 Å². The highest BCUT2D eigenvalue weighted by atomic mass is 16.5. The summed E-state index contributed by atoms with van der Waals surface area (Å²) in [6.07, 6.45) is 1.68. The molecule has 1 aliphatic rings. The third-order valence-electron chi connectivity index (χ3n) is 5.04. The fraction of sp³-hybridized carbons (Fsp3) is 0.227. The molecule has 1 unspecified atom stereocenters. The van der Waals surface area contributed by atoms with E-state index < -0.39 is 6.04 Å². The molecule has 0 bridgehead atoms. The van der Waals surface area contributed by atoms with Gasteiger partial charge >= 0.3 is 0 Å². The number of rotatable bonds is 7. The molecule has 4 rings (SSSR count). The Bertz CT molecular complexity index is 1080. The molecule has 2 heterocycles. The first-order chi connectivity index (χ1) is 14.6. The monoisotopic (exact) mass is 406 g/mol. The highest BCUT2D eigenvalue weighted by Crippen LogP contribution is 2.39. The van der Waals surface area contributed by atoms with E-state index in [4.69, 9.17) is 9.47 Å². The molecule has 0 radical (unpaired) electrons. The molecular formula is C22H22N4O4. The molecule has 0 spiro atoms. The molecule has 0 saturated carbocycles. The van der Waals surface area contributed by atoms with Crippen molar-refractivity contribution >= 4 is 17.6 Å². The maximum atomic E-state index is 12.5. The minimum Gasteiger partial charge on any atom is -0.493 e. The first-order valence-electron chi connectivity index (χ1n) is 9.52. The van der Waals surface area contributed by atoms with Gasteiger partial charge in [0.05, 0.1) is 26.8 Å². The molecule has 2 amide bonds. The van der Waals surface area contributed by atoms with Gasteiger partial charge in [0.2, 0.25) is 5.91 Å². The molecule has 30 heavy (non-hydrogen) atoms. The van der Waals surface area contributed by atoms with Gasteiger partial charge in [0.15, 0.2) is 11.5 Å². The van der Waals surface area contributed by atoms with E-state index >= 15 is 0 Å². The molecule has 1 aliphatic heterocycles. The molecule has 0 aliphatic carbocycles. The van der Waals surface area contributed by atoms with Crippen LogP contribution < -0.4 is 20.1 Å². The number of methoxy groups -OCH3 is 2. The van der Waals surface area contributed by atoms with Crippen molar-refractivity contribution in [2.75, 3.05) is 19.5 Å². The van der Waals surface area contributed by atoms with Crippen molar-refractivity contribution in [3.8, 4) is 22.6 Å². The fourth-order valence-electron chi connectivity index (χ4n) is 3.47. The van der Waals surface area contributed by atoms with Crippen molar-refractivity contribution in [3.05, 3.63) is 60.3 Å². The van der Waals surface area contributed by atoms with Crippen LogP contribution in [-0.4, -0.2) is 35.8 Å². The van der Waals surface area contributed by atoms with Gasteiger partial charge in [0, 0.05) is 12.1 Å². The predicted octanol–water partition coefficient (Wildman–Crippen LogP) is 2.77. The highest BCUT2D eigenvalue weighted by Gasteiger charge is 2.35. The number of aromatic nitrogens is 2. The molecule has 154 valence electrons. The Hall–Kier alpha value is -3.81. The van der Waals surface area contributed by atoms with Crippen LogP contribution in [0, 0.1) is 0 Å². The summed E-state index contributed by atoms with van der Waals surface area (Å²) < 4.78 is 12.2. The standard InChI is InChI=1S/C22H22N4O4/c1-29-18-9-8-15(10-19(18)30-2)16-13-24-26-17(22(28)25-21(16)26)11-20(27)23-12-14-6-4-3-5-7-14/h3-10,13,17H,11-12H2,1-2H3,(H,23,27)(H,25,28). The second-order valence-corrected chi connectivity index (χ2v) is 6.89. The van der Waals surface area contributed by atoms with Crippen molar-refractivity contribution in [2.45, 2.75) is 19.0 Å². The number of nitrogens with one attached hydrogen (secondary N) is 2. The smallest absolute Gasteiger partial charge is 0.251 e. The van der Waals surface area contributed by atoms with Crippen LogP contribution in [0.4, 0.5) is 5.82 Å². The molecular weight excluding hydrogens is 384 g/mol. The maximum Gasteiger partial charge on any atom is 0.251 e. The van der Waals surface area contributed by atoms with Crippen LogP contribution in [0.15, 0.2) is 54.7 Å². The average molecular weight is 406 g/mol. The van der Waals surface area contributed by atoms with E-state index in [9.17, 15) is 9.59 Å². The number of carbonyl (C=O) groups excluding carboxylic acids is 2. The van der Waals surface area contributed by atoms with Crippen molar-refractivity contribution in [2.24, 2.45) is 0 Å². The Labute approximate surface area is 173 Å². The van der Waals surface area contributed by atoms with Gasteiger partial charge in [-0.25, -0.2) is 4.68 Å². The summed E-state index contributed by atoms with van der Waals surface area (Å²) in [5.74, 6) is 1.29. The Balaban J connectivity index is 1.50. The molecule has 0 saturated heterocycles. The summed E-state index contributed by atoms with van der Waals surface area (Å²) in [5, 5.41) is 10.1. The second kappa shape index (κ2) is 8.28. The van der Waals surface area contributed by atoms with E-state index in [1.807, 2.05) is 42.5 Å².